The Balaban J connectivity index is 3.26. The van der Waals surface area contributed by atoms with Crippen molar-refractivity contribution in [2.45, 2.75) is 19.1 Å². The summed E-state index contributed by atoms with van der Waals surface area (Å²) in [7, 11) is 1.50. The molecule has 2 atom stereocenters. The summed E-state index contributed by atoms with van der Waals surface area (Å²) in [5.41, 5.74) is 6.72. The Hall–Kier alpha value is -1.13. The number of methoxy groups -OCH3 is 1. The summed E-state index contributed by atoms with van der Waals surface area (Å²) in [6.45, 7) is 1.20. The first kappa shape index (κ1) is 11.9. The standard InChI is InChI=1S/C11H16FNO2/c1-7(12)8-4-3-5-10(15-2)11(8)9(13)6-14/h3-5,7,9,14H,6,13H2,1-2H3. The quantitative estimate of drug-likeness (QED) is 0.800. The number of aliphatic hydroxyl groups is 1. The maximum absolute atomic E-state index is 13.3. The highest BCUT2D eigenvalue weighted by molar-refractivity contribution is 5.43. The molecule has 0 fully saturated rings. The second kappa shape index (κ2) is 5.09. The molecule has 4 heteroatoms. The molecule has 0 aliphatic carbocycles. The minimum absolute atomic E-state index is 0.236. The van der Waals surface area contributed by atoms with E-state index in [-0.39, 0.29) is 6.61 Å². The summed E-state index contributed by atoms with van der Waals surface area (Å²) < 4.78 is 18.4. The van der Waals surface area contributed by atoms with Crippen molar-refractivity contribution < 1.29 is 14.2 Å². The van der Waals surface area contributed by atoms with Crippen LogP contribution in [0.4, 0.5) is 4.39 Å². The normalized spacial score (nSPS) is 14.7. The van der Waals surface area contributed by atoms with Gasteiger partial charge in [0, 0.05) is 5.56 Å². The summed E-state index contributed by atoms with van der Waals surface area (Å²) in [5.74, 6) is 0.513. The molecule has 0 bridgehead atoms. The van der Waals surface area contributed by atoms with Crippen LogP contribution in [0.15, 0.2) is 18.2 Å². The molecule has 2 unspecified atom stereocenters. The molecule has 3 nitrogen and oxygen atoms in total. The lowest BCUT2D eigenvalue weighted by Gasteiger charge is -2.18. The van der Waals surface area contributed by atoms with Crippen LogP contribution in [0.5, 0.6) is 5.75 Å². The molecular weight excluding hydrogens is 197 g/mol. The molecular formula is C11H16FNO2. The van der Waals surface area contributed by atoms with Crippen molar-refractivity contribution >= 4 is 0 Å². The molecule has 1 aromatic carbocycles. The predicted octanol–water partition coefficient (Wildman–Crippen LogP) is 1.72. The van der Waals surface area contributed by atoms with Gasteiger partial charge in [-0.1, -0.05) is 12.1 Å². The van der Waals surface area contributed by atoms with E-state index in [0.29, 0.717) is 16.9 Å². The number of halogens is 1. The van der Waals surface area contributed by atoms with Crippen molar-refractivity contribution in [3.63, 3.8) is 0 Å². The zero-order valence-electron chi connectivity index (χ0n) is 8.90. The molecule has 0 saturated carbocycles. The van der Waals surface area contributed by atoms with Crippen LogP contribution < -0.4 is 10.5 Å². The van der Waals surface area contributed by atoms with E-state index in [1.165, 1.54) is 14.0 Å². The van der Waals surface area contributed by atoms with E-state index in [9.17, 15) is 4.39 Å². The number of nitrogens with two attached hydrogens (primary N) is 1. The van der Waals surface area contributed by atoms with Crippen LogP contribution in [0.3, 0.4) is 0 Å². The molecule has 0 spiro atoms. The molecule has 0 heterocycles. The molecule has 1 rings (SSSR count). The average Bonchev–Trinajstić information content (AvgIpc) is 2.26. The van der Waals surface area contributed by atoms with Crippen LogP contribution in [0.2, 0.25) is 0 Å². The van der Waals surface area contributed by atoms with Gasteiger partial charge >= 0.3 is 0 Å². The molecule has 3 N–H and O–H groups in total. The maximum atomic E-state index is 13.3. The second-order valence-corrected chi connectivity index (χ2v) is 3.37. The van der Waals surface area contributed by atoms with E-state index in [4.69, 9.17) is 15.6 Å². The van der Waals surface area contributed by atoms with E-state index in [0.717, 1.165) is 0 Å². The summed E-state index contributed by atoms with van der Waals surface area (Å²) in [5, 5.41) is 9.01. The average molecular weight is 213 g/mol. The topological polar surface area (TPSA) is 55.5 Å². The van der Waals surface area contributed by atoms with Crippen LogP contribution >= 0.6 is 0 Å². The number of ether oxygens (including phenoxy) is 1. The van der Waals surface area contributed by atoms with Gasteiger partial charge in [-0.05, 0) is 18.6 Å². The fraction of sp³-hybridized carbons (Fsp3) is 0.455. The zero-order valence-corrected chi connectivity index (χ0v) is 8.90. The highest BCUT2D eigenvalue weighted by atomic mass is 19.1. The molecule has 0 radical (unpaired) electrons. The van der Waals surface area contributed by atoms with Gasteiger partial charge in [-0.25, -0.2) is 4.39 Å². The van der Waals surface area contributed by atoms with Gasteiger partial charge < -0.3 is 15.6 Å². The smallest absolute Gasteiger partial charge is 0.124 e. The lowest BCUT2D eigenvalue weighted by atomic mass is 9.97. The molecule has 15 heavy (non-hydrogen) atoms. The lowest BCUT2D eigenvalue weighted by Crippen LogP contribution is -2.18. The van der Waals surface area contributed by atoms with E-state index in [1.807, 2.05) is 0 Å². The number of alkyl halides is 1. The van der Waals surface area contributed by atoms with Gasteiger partial charge in [-0.2, -0.15) is 0 Å². The number of hydrogen-bond acceptors (Lipinski definition) is 3. The van der Waals surface area contributed by atoms with Gasteiger partial charge in [0.05, 0.1) is 19.8 Å². The zero-order chi connectivity index (χ0) is 11.4. The maximum Gasteiger partial charge on any atom is 0.124 e. The third-order valence-electron chi connectivity index (χ3n) is 2.32. The third-order valence-corrected chi connectivity index (χ3v) is 2.32. The molecule has 0 aliphatic rings. The Bertz CT molecular complexity index is 328. The summed E-state index contributed by atoms with van der Waals surface area (Å²) in [6, 6.07) is 4.45. The van der Waals surface area contributed by atoms with Crippen LogP contribution in [0, 0.1) is 0 Å². The van der Waals surface area contributed by atoms with Crippen LogP contribution in [-0.4, -0.2) is 18.8 Å². The minimum atomic E-state index is -1.13. The van der Waals surface area contributed by atoms with Gasteiger partial charge in [-0.3, -0.25) is 0 Å². The summed E-state index contributed by atoms with van der Waals surface area (Å²) >= 11 is 0. The van der Waals surface area contributed by atoms with E-state index in [2.05, 4.69) is 0 Å². The largest absolute Gasteiger partial charge is 0.496 e. The van der Waals surface area contributed by atoms with E-state index < -0.39 is 12.2 Å². The number of benzene rings is 1. The monoisotopic (exact) mass is 213 g/mol. The second-order valence-electron chi connectivity index (χ2n) is 3.37. The molecule has 0 aromatic heterocycles. The first-order valence-corrected chi connectivity index (χ1v) is 4.79. The Labute approximate surface area is 88.7 Å². The van der Waals surface area contributed by atoms with Crippen molar-refractivity contribution in [3.05, 3.63) is 29.3 Å². The fourth-order valence-electron chi connectivity index (χ4n) is 1.57. The summed E-state index contributed by atoms with van der Waals surface area (Å²) in [6.07, 6.45) is -1.13. The Morgan fingerprint density at radius 3 is 2.67 bits per heavy atom. The Morgan fingerprint density at radius 2 is 2.20 bits per heavy atom. The lowest BCUT2D eigenvalue weighted by molar-refractivity contribution is 0.261. The Kier molecular flexibility index (Phi) is 4.05. The number of aliphatic hydroxyl groups excluding tert-OH is 1. The van der Waals surface area contributed by atoms with Gasteiger partial charge in [0.25, 0.3) is 0 Å². The highest BCUT2D eigenvalue weighted by Crippen LogP contribution is 2.32. The molecule has 1 aromatic rings. The molecule has 0 aliphatic heterocycles. The van der Waals surface area contributed by atoms with Crippen molar-refractivity contribution in [3.8, 4) is 5.75 Å². The van der Waals surface area contributed by atoms with Gasteiger partial charge in [0.1, 0.15) is 11.9 Å². The van der Waals surface area contributed by atoms with Gasteiger partial charge in [0.2, 0.25) is 0 Å². The fourth-order valence-corrected chi connectivity index (χ4v) is 1.57. The third kappa shape index (κ3) is 2.46. The molecule has 0 amide bonds. The predicted molar refractivity (Wildman–Crippen MR) is 56.5 cm³/mol. The molecule has 0 saturated heterocycles. The van der Waals surface area contributed by atoms with Crippen LogP contribution in [0.1, 0.15) is 30.3 Å². The van der Waals surface area contributed by atoms with Gasteiger partial charge in [-0.15, -0.1) is 0 Å². The van der Waals surface area contributed by atoms with Crippen LogP contribution in [-0.2, 0) is 0 Å². The van der Waals surface area contributed by atoms with Crippen molar-refractivity contribution in [2.75, 3.05) is 13.7 Å². The molecule has 84 valence electrons. The van der Waals surface area contributed by atoms with Gasteiger partial charge in [0.15, 0.2) is 0 Å². The van der Waals surface area contributed by atoms with Crippen molar-refractivity contribution in [1.82, 2.24) is 0 Å². The highest BCUT2D eigenvalue weighted by Gasteiger charge is 2.18. The van der Waals surface area contributed by atoms with E-state index in [1.54, 1.807) is 18.2 Å². The first-order chi connectivity index (χ1) is 7.11. The Morgan fingerprint density at radius 1 is 1.53 bits per heavy atom. The SMILES string of the molecule is COc1cccc(C(C)F)c1C(N)CO. The number of rotatable bonds is 4. The first-order valence-electron chi connectivity index (χ1n) is 4.79. The van der Waals surface area contributed by atoms with Crippen LogP contribution in [0.25, 0.3) is 0 Å². The van der Waals surface area contributed by atoms with Crippen molar-refractivity contribution in [1.29, 1.82) is 0 Å². The number of hydrogen-bond donors (Lipinski definition) is 2. The summed E-state index contributed by atoms with van der Waals surface area (Å²) in [4.78, 5) is 0. The minimum Gasteiger partial charge on any atom is -0.496 e. The van der Waals surface area contributed by atoms with Crippen molar-refractivity contribution in [2.24, 2.45) is 5.73 Å². The van der Waals surface area contributed by atoms with E-state index >= 15 is 0 Å².